The van der Waals surface area contributed by atoms with E-state index in [1.54, 1.807) is 27.4 Å². The van der Waals surface area contributed by atoms with Crippen molar-refractivity contribution < 1.29 is 23.8 Å². The van der Waals surface area contributed by atoms with E-state index >= 15 is 0 Å². The Balaban J connectivity index is 0.00000210. The molecular formula is C21H26INO4. The highest BCUT2D eigenvalue weighted by Gasteiger charge is 2.42. The van der Waals surface area contributed by atoms with Crippen LogP contribution in [0.4, 0.5) is 0 Å². The number of halogens is 1. The lowest BCUT2D eigenvalue weighted by atomic mass is 9.75. The second-order valence-electron chi connectivity index (χ2n) is 7.69. The first-order valence-electron chi connectivity index (χ1n) is 8.90. The summed E-state index contributed by atoms with van der Waals surface area (Å²) in [5, 5.41) is 12.7. The number of ether oxygens (including phenoxy) is 3. The third-order valence-corrected chi connectivity index (χ3v) is 6.00. The summed E-state index contributed by atoms with van der Waals surface area (Å²) in [5.74, 6) is 1.77. The van der Waals surface area contributed by atoms with Gasteiger partial charge in [0.2, 0.25) is 0 Å². The van der Waals surface area contributed by atoms with Gasteiger partial charge in [-0.1, -0.05) is 11.8 Å². The molecule has 1 aliphatic carbocycles. The van der Waals surface area contributed by atoms with Gasteiger partial charge in [-0.3, -0.25) is 0 Å². The number of fused-ring (bicyclic) bond motifs is 2. The number of hydrogen-bond acceptors (Lipinski definition) is 4. The lowest BCUT2D eigenvalue weighted by Gasteiger charge is -2.46. The van der Waals surface area contributed by atoms with Crippen molar-refractivity contribution in [1.82, 2.24) is 0 Å². The zero-order valence-corrected chi connectivity index (χ0v) is 18.7. The van der Waals surface area contributed by atoms with Gasteiger partial charge in [0, 0.05) is 24.0 Å². The maximum Gasteiger partial charge on any atom is 0.161 e. The predicted octanol–water partition coefficient (Wildman–Crippen LogP) is 3.30. The molecule has 146 valence electrons. The number of quaternary nitrogens is 1. The predicted molar refractivity (Wildman–Crippen MR) is 114 cm³/mol. The number of benzene rings is 2. The van der Waals surface area contributed by atoms with Crippen LogP contribution in [0.25, 0.3) is 11.1 Å². The number of rotatable bonds is 3. The second-order valence-corrected chi connectivity index (χ2v) is 7.69. The molecule has 2 aliphatic rings. The normalized spacial score (nSPS) is 18.6. The lowest BCUT2D eigenvalue weighted by Crippen LogP contribution is -2.49. The van der Waals surface area contributed by atoms with Crippen LogP contribution in [0.15, 0.2) is 18.2 Å². The summed E-state index contributed by atoms with van der Waals surface area (Å²) >= 11 is 0. The van der Waals surface area contributed by atoms with E-state index in [4.69, 9.17) is 14.2 Å². The summed E-state index contributed by atoms with van der Waals surface area (Å²) in [6.45, 7) is 1.02. The van der Waals surface area contributed by atoms with Crippen LogP contribution >= 0.6 is 24.0 Å². The van der Waals surface area contributed by atoms with Crippen molar-refractivity contribution in [2.45, 2.75) is 18.9 Å². The highest BCUT2D eigenvalue weighted by Crippen LogP contribution is 2.54. The summed E-state index contributed by atoms with van der Waals surface area (Å²) in [4.78, 5) is 0. The molecule has 0 fully saturated rings. The van der Waals surface area contributed by atoms with Crippen molar-refractivity contribution in [3.05, 3.63) is 34.9 Å². The van der Waals surface area contributed by atoms with Crippen LogP contribution in [0.1, 0.15) is 22.7 Å². The Morgan fingerprint density at radius 1 is 0.963 bits per heavy atom. The topological polar surface area (TPSA) is 50.8 Å². The van der Waals surface area contributed by atoms with Crippen molar-refractivity contribution in [2.24, 2.45) is 0 Å². The van der Waals surface area contributed by atoms with E-state index in [-0.39, 0.29) is 29.7 Å². The Hall–Kier alpha value is -1.67. The van der Waals surface area contributed by atoms with Gasteiger partial charge in [-0.15, -0.1) is 24.0 Å². The second kappa shape index (κ2) is 7.05. The molecule has 1 atom stereocenters. The van der Waals surface area contributed by atoms with Crippen molar-refractivity contribution in [3.63, 3.8) is 0 Å². The fourth-order valence-electron chi connectivity index (χ4n) is 4.56. The first-order chi connectivity index (χ1) is 12.4. The quantitative estimate of drug-likeness (QED) is 0.497. The van der Waals surface area contributed by atoms with Crippen LogP contribution in [-0.4, -0.2) is 46.5 Å². The van der Waals surface area contributed by atoms with E-state index in [2.05, 4.69) is 14.1 Å². The molecule has 0 unspecified atom stereocenters. The van der Waals surface area contributed by atoms with E-state index in [9.17, 15) is 5.11 Å². The van der Waals surface area contributed by atoms with Crippen LogP contribution in [0.3, 0.4) is 0 Å². The largest absolute Gasteiger partial charge is 0.870 e. The summed E-state index contributed by atoms with van der Waals surface area (Å²) in [6.07, 6.45) is 1.82. The van der Waals surface area contributed by atoms with E-state index < -0.39 is 0 Å². The summed E-state index contributed by atoms with van der Waals surface area (Å²) in [5.41, 5.74) is 5.55. The smallest absolute Gasteiger partial charge is 0.161 e. The molecule has 0 saturated carbocycles. The van der Waals surface area contributed by atoms with Crippen molar-refractivity contribution in [3.8, 4) is 34.1 Å². The first kappa shape index (κ1) is 20.1. The number of methoxy groups -OCH3 is 3. The van der Waals surface area contributed by atoms with E-state index in [0.717, 1.165) is 40.6 Å². The third kappa shape index (κ3) is 2.93. The van der Waals surface area contributed by atoms with Gasteiger partial charge in [0.1, 0.15) is 11.8 Å². The Bertz CT molecular complexity index is 894. The van der Waals surface area contributed by atoms with Gasteiger partial charge in [-0.05, 0) is 28.8 Å². The number of hydrogen-bond donors (Lipinski definition) is 0. The van der Waals surface area contributed by atoms with Crippen molar-refractivity contribution >= 4 is 24.0 Å². The SMILES string of the molecule is COc1cc2c(cc1OC)-c1c(OC)c([O-])cc3c1[C@H](C2)[N+](C)(C)CC3.I. The molecule has 4 rings (SSSR count). The fourth-order valence-corrected chi connectivity index (χ4v) is 4.56. The molecule has 0 bridgehead atoms. The Kier molecular flexibility index (Phi) is 5.24. The molecule has 27 heavy (non-hydrogen) atoms. The summed E-state index contributed by atoms with van der Waals surface area (Å²) in [6, 6.07) is 6.10. The molecule has 1 aliphatic heterocycles. The number of nitrogens with zero attached hydrogens (tertiary/aromatic N) is 1. The Labute approximate surface area is 177 Å². The molecule has 0 N–H and O–H groups in total. The molecule has 6 heteroatoms. The van der Waals surface area contributed by atoms with Gasteiger partial charge in [0.25, 0.3) is 0 Å². The Morgan fingerprint density at radius 2 is 1.63 bits per heavy atom. The van der Waals surface area contributed by atoms with Gasteiger partial charge < -0.3 is 23.8 Å². The molecule has 2 aromatic rings. The van der Waals surface area contributed by atoms with E-state index in [1.807, 2.05) is 12.1 Å². The molecular weight excluding hydrogens is 457 g/mol. The average molecular weight is 483 g/mol. The standard InChI is InChI=1S/C21H25NO4.HI/c1-22(2)7-6-12-9-16(23)21(26-5)20-14-11-18(25-4)17(24-3)10-13(14)8-15(22)19(12)20;/h9-11,15H,6-8H2,1-5H3;1H/t15-;/m0./s1. The van der Waals surface area contributed by atoms with Gasteiger partial charge >= 0.3 is 0 Å². The molecule has 0 radical (unpaired) electrons. The molecule has 0 spiro atoms. The average Bonchev–Trinajstić information content (AvgIpc) is 2.63. The highest BCUT2D eigenvalue weighted by atomic mass is 127. The van der Waals surface area contributed by atoms with Crippen LogP contribution in [0.2, 0.25) is 0 Å². The summed E-state index contributed by atoms with van der Waals surface area (Å²) < 4.78 is 17.5. The third-order valence-electron chi connectivity index (χ3n) is 6.00. The molecule has 2 aromatic carbocycles. The minimum absolute atomic E-state index is 0. The van der Waals surface area contributed by atoms with Crippen LogP contribution < -0.4 is 19.3 Å². The Morgan fingerprint density at radius 3 is 2.26 bits per heavy atom. The van der Waals surface area contributed by atoms with Crippen LogP contribution in [0.5, 0.6) is 23.0 Å². The molecule has 0 amide bonds. The zero-order valence-electron chi connectivity index (χ0n) is 16.4. The molecule has 5 nitrogen and oxygen atoms in total. The maximum absolute atomic E-state index is 12.7. The fraction of sp³-hybridized carbons (Fsp3) is 0.429. The number of likely N-dealkylation sites (N-methyl/N-ethyl adjacent to an activating group) is 1. The highest BCUT2D eigenvalue weighted by molar-refractivity contribution is 14.0. The van der Waals surface area contributed by atoms with E-state index in [1.165, 1.54) is 11.1 Å². The zero-order chi connectivity index (χ0) is 18.6. The van der Waals surface area contributed by atoms with Gasteiger partial charge in [0.05, 0.1) is 42.0 Å². The van der Waals surface area contributed by atoms with Gasteiger partial charge in [-0.2, -0.15) is 0 Å². The first-order valence-corrected chi connectivity index (χ1v) is 8.90. The lowest BCUT2D eigenvalue weighted by molar-refractivity contribution is -0.923. The van der Waals surface area contributed by atoms with E-state index in [0.29, 0.717) is 23.3 Å². The van der Waals surface area contributed by atoms with Gasteiger partial charge in [-0.25, -0.2) is 0 Å². The molecule has 0 saturated heterocycles. The van der Waals surface area contributed by atoms with Crippen molar-refractivity contribution in [2.75, 3.05) is 42.0 Å². The molecule has 1 heterocycles. The van der Waals surface area contributed by atoms with Crippen LogP contribution in [0, 0.1) is 0 Å². The molecule has 0 aromatic heterocycles. The van der Waals surface area contributed by atoms with Gasteiger partial charge in [0.15, 0.2) is 11.5 Å². The van der Waals surface area contributed by atoms with Crippen molar-refractivity contribution in [1.29, 1.82) is 0 Å². The monoisotopic (exact) mass is 483 g/mol. The summed E-state index contributed by atoms with van der Waals surface area (Å²) in [7, 11) is 9.39. The minimum Gasteiger partial charge on any atom is -0.870 e. The van der Waals surface area contributed by atoms with Crippen LogP contribution in [-0.2, 0) is 12.8 Å². The minimum atomic E-state index is -0.0464. The maximum atomic E-state index is 12.7.